The molecule has 102 valence electrons. The van der Waals surface area contributed by atoms with Gasteiger partial charge in [-0.2, -0.15) is 0 Å². The van der Waals surface area contributed by atoms with Gasteiger partial charge in [0.05, 0.1) is 0 Å². The van der Waals surface area contributed by atoms with Gasteiger partial charge in [0.25, 0.3) is 0 Å². The summed E-state index contributed by atoms with van der Waals surface area (Å²) >= 11 is 0. The number of ether oxygens (including phenoxy) is 1. The third-order valence-corrected chi connectivity index (χ3v) is 2.35. The number of hydrogen-bond acceptors (Lipinski definition) is 4. The van der Waals surface area contributed by atoms with E-state index < -0.39 is 0 Å². The Balaban J connectivity index is 2.53. The molecule has 0 fully saturated rings. The molecule has 0 aromatic heterocycles. The summed E-state index contributed by atoms with van der Waals surface area (Å²) in [7, 11) is 0. The minimum atomic E-state index is -0.370. The molecule has 0 aliphatic rings. The first-order valence-corrected chi connectivity index (χ1v) is 6.09. The van der Waals surface area contributed by atoms with Crippen molar-refractivity contribution in [3.63, 3.8) is 0 Å². The van der Waals surface area contributed by atoms with Crippen LogP contribution in [-0.4, -0.2) is 24.3 Å². The van der Waals surface area contributed by atoms with Crippen LogP contribution in [0.15, 0.2) is 24.3 Å². The van der Waals surface area contributed by atoms with Crippen LogP contribution in [0.1, 0.15) is 37.0 Å². The highest BCUT2D eigenvalue weighted by molar-refractivity contribution is 5.98. The van der Waals surface area contributed by atoms with Gasteiger partial charge in [-0.25, -0.2) is 0 Å². The predicted octanol–water partition coefficient (Wildman–Crippen LogP) is 2.17. The zero-order valence-electron chi connectivity index (χ0n) is 11.1. The number of benzene rings is 1. The van der Waals surface area contributed by atoms with E-state index in [1.807, 2.05) is 6.92 Å². The number of esters is 1. The summed E-state index contributed by atoms with van der Waals surface area (Å²) in [5.41, 5.74) is 1.06. The number of amides is 1. The Kier molecular flexibility index (Phi) is 5.73. The van der Waals surface area contributed by atoms with Crippen molar-refractivity contribution in [1.82, 2.24) is 0 Å². The number of Topliss-reactive ketones (excluding diaryl/α,β-unsaturated/α-hetero) is 1. The zero-order chi connectivity index (χ0) is 14.3. The zero-order valence-corrected chi connectivity index (χ0v) is 11.1. The van der Waals surface area contributed by atoms with Crippen molar-refractivity contribution in [3.8, 4) is 0 Å². The summed E-state index contributed by atoms with van der Waals surface area (Å²) in [5, 5.41) is 2.60. The summed E-state index contributed by atoms with van der Waals surface area (Å²) in [4.78, 5) is 33.7. The van der Waals surface area contributed by atoms with E-state index in [1.54, 1.807) is 24.3 Å². The van der Waals surface area contributed by atoms with Crippen molar-refractivity contribution in [2.75, 3.05) is 11.9 Å². The molecule has 0 aliphatic heterocycles. The molecule has 0 radical (unpaired) electrons. The molecule has 0 heterocycles. The second-order valence-electron chi connectivity index (χ2n) is 4.09. The molecule has 0 atom stereocenters. The number of ketones is 1. The summed E-state index contributed by atoms with van der Waals surface area (Å²) < 4.78 is 4.84. The molecule has 19 heavy (non-hydrogen) atoms. The third-order valence-electron chi connectivity index (χ3n) is 2.35. The first-order valence-electron chi connectivity index (χ1n) is 6.09. The van der Waals surface area contributed by atoms with Crippen LogP contribution in [0, 0.1) is 0 Å². The number of carbonyl (C=O) groups is 3. The van der Waals surface area contributed by atoms with E-state index in [4.69, 9.17) is 4.74 Å². The standard InChI is InChI=1S/C14H17NO4/c1-3-4-14(18)19-9-13(17)11-5-7-12(8-6-11)15-10(2)16/h5-8H,3-4,9H2,1-2H3,(H,15,16). The van der Waals surface area contributed by atoms with Crippen LogP contribution in [0.4, 0.5) is 5.69 Å². The Bertz CT molecular complexity index is 465. The van der Waals surface area contributed by atoms with E-state index in [1.165, 1.54) is 6.92 Å². The molecule has 0 saturated carbocycles. The number of nitrogens with one attached hydrogen (secondary N) is 1. The quantitative estimate of drug-likeness (QED) is 0.630. The van der Waals surface area contributed by atoms with Crippen molar-refractivity contribution >= 4 is 23.3 Å². The van der Waals surface area contributed by atoms with Crippen LogP contribution in [0.25, 0.3) is 0 Å². The summed E-state index contributed by atoms with van der Waals surface area (Å²) in [6, 6.07) is 6.42. The van der Waals surface area contributed by atoms with Gasteiger partial charge in [-0.3, -0.25) is 14.4 Å². The van der Waals surface area contributed by atoms with Crippen LogP contribution < -0.4 is 5.32 Å². The Morgan fingerprint density at radius 2 is 1.79 bits per heavy atom. The largest absolute Gasteiger partial charge is 0.457 e. The van der Waals surface area contributed by atoms with Crippen molar-refractivity contribution in [3.05, 3.63) is 29.8 Å². The molecule has 0 saturated heterocycles. The lowest BCUT2D eigenvalue weighted by molar-refractivity contribution is -0.142. The Hall–Kier alpha value is -2.17. The molecule has 1 rings (SSSR count). The summed E-state index contributed by atoms with van der Waals surface area (Å²) in [5.74, 6) is -0.808. The van der Waals surface area contributed by atoms with Gasteiger partial charge in [0.1, 0.15) is 0 Å². The summed E-state index contributed by atoms with van der Waals surface area (Å²) in [6.45, 7) is 3.02. The third kappa shape index (κ3) is 5.33. The Morgan fingerprint density at radius 3 is 2.32 bits per heavy atom. The van der Waals surface area contributed by atoms with Crippen LogP contribution in [0.3, 0.4) is 0 Å². The molecule has 1 aromatic rings. The highest BCUT2D eigenvalue weighted by Crippen LogP contribution is 2.10. The highest BCUT2D eigenvalue weighted by atomic mass is 16.5. The van der Waals surface area contributed by atoms with E-state index in [0.29, 0.717) is 24.1 Å². The molecular formula is C14H17NO4. The van der Waals surface area contributed by atoms with Crippen LogP contribution in [0.5, 0.6) is 0 Å². The first-order chi connectivity index (χ1) is 9.02. The molecule has 0 aliphatic carbocycles. The van der Waals surface area contributed by atoms with E-state index in [2.05, 4.69) is 5.32 Å². The predicted molar refractivity (Wildman–Crippen MR) is 70.9 cm³/mol. The first kappa shape index (κ1) is 14.9. The molecule has 1 N–H and O–H groups in total. The molecule has 5 nitrogen and oxygen atoms in total. The molecule has 1 aromatic carbocycles. The second kappa shape index (κ2) is 7.31. The highest BCUT2D eigenvalue weighted by Gasteiger charge is 2.09. The fourth-order valence-electron chi connectivity index (χ4n) is 1.45. The average molecular weight is 263 g/mol. The Labute approximate surface area is 111 Å². The van der Waals surface area contributed by atoms with Crippen molar-refractivity contribution in [2.24, 2.45) is 0 Å². The molecule has 0 unspecified atom stereocenters. The van der Waals surface area contributed by atoms with Gasteiger partial charge in [-0.15, -0.1) is 0 Å². The fourth-order valence-corrected chi connectivity index (χ4v) is 1.45. The normalized spacial score (nSPS) is 9.79. The van der Waals surface area contributed by atoms with E-state index in [9.17, 15) is 14.4 Å². The lowest BCUT2D eigenvalue weighted by Crippen LogP contribution is -2.14. The summed E-state index contributed by atoms with van der Waals surface area (Å²) in [6.07, 6.45) is 1.01. The van der Waals surface area contributed by atoms with Gasteiger partial charge in [-0.1, -0.05) is 6.92 Å². The van der Waals surface area contributed by atoms with E-state index >= 15 is 0 Å². The number of carbonyl (C=O) groups excluding carboxylic acids is 3. The van der Waals surface area contributed by atoms with Crippen molar-refractivity contribution in [1.29, 1.82) is 0 Å². The lowest BCUT2D eigenvalue weighted by atomic mass is 10.1. The second-order valence-corrected chi connectivity index (χ2v) is 4.09. The van der Waals surface area contributed by atoms with Crippen LogP contribution in [0.2, 0.25) is 0 Å². The molecule has 0 bridgehead atoms. The average Bonchev–Trinajstić information content (AvgIpc) is 2.36. The number of anilines is 1. The fraction of sp³-hybridized carbons (Fsp3) is 0.357. The molecule has 1 amide bonds. The SMILES string of the molecule is CCCC(=O)OCC(=O)c1ccc(NC(C)=O)cc1. The van der Waals surface area contributed by atoms with Gasteiger partial charge < -0.3 is 10.1 Å². The van der Waals surface area contributed by atoms with E-state index in [-0.39, 0.29) is 24.3 Å². The number of rotatable bonds is 6. The van der Waals surface area contributed by atoms with Crippen LogP contribution in [-0.2, 0) is 14.3 Å². The van der Waals surface area contributed by atoms with Gasteiger partial charge in [-0.05, 0) is 30.7 Å². The number of hydrogen-bond donors (Lipinski definition) is 1. The van der Waals surface area contributed by atoms with Gasteiger partial charge in [0.15, 0.2) is 12.4 Å². The van der Waals surface area contributed by atoms with Gasteiger partial charge >= 0.3 is 5.97 Å². The topological polar surface area (TPSA) is 72.5 Å². The van der Waals surface area contributed by atoms with E-state index in [0.717, 1.165) is 0 Å². The minimum absolute atomic E-state index is 0.174. The van der Waals surface area contributed by atoms with Crippen LogP contribution >= 0.6 is 0 Å². The molecular weight excluding hydrogens is 246 g/mol. The smallest absolute Gasteiger partial charge is 0.306 e. The lowest BCUT2D eigenvalue weighted by Gasteiger charge is -2.05. The van der Waals surface area contributed by atoms with Crippen molar-refractivity contribution < 1.29 is 19.1 Å². The minimum Gasteiger partial charge on any atom is -0.457 e. The maximum absolute atomic E-state index is 11.7. The molecule has 5 heteroatoms. The maximum atomic E-state index is 11.7. The van der Waals surface area contributed by atoms with Gasteiger partial charge in [0, 0.05) is 24.6 Å². The maximum Gasteiger partial charge on any atom is 0.306 e. The van der Waals surface area contributed by atoms with Gasteiger partial charge in [0.2, 0.25) is 5.91 Å². The van der Waals surface area contributed by atoms with Crippen molar-refractivity contribution in [2.45, 2.75) is 26.7 Å². The Morgan fingerprint density at radius 1 is 1.16 bits per heavy atom. The molecule has 0 spiro atoms. The monoisotopic (exact) mass is 263 g/mol.